The standard InChI is InChI=1S/C14H9BrF3NO/c1-7-4-11(17)9(15)6-13(7)19-14(20)8-2-3-10(16)12(18)5-8/h2-6H,1H3,(H,19,20). The van der Waals surface area contributed by atoms with Crippen molar-refractivity contribution in [1.82, 2.24) is 0 Å². The molecule has 0 saturated carbocycles. The van der Waals surface area contributed by atoms with Gasteiger partial charge in [0.2, 0.25) is 0 Å². The SMILES string of the molecule is Cc1cc(F)c(Br)cc1NC(=O)c1ccc(F)c(F)c1. The fraction of sp³-hybridized carbons (Fsp3) is 0.0714. The van der Waals surface area contributed by atoms with Crippen LogP contribution in [0.3, 0.4) is 0 Å². The number of aryl methyl sites for hydroxylation is 1. The molecule has 2 nitrogen and oxygen atoms in total. The van der Waals surface area contributed by atoms with Gasteiger partial charge in [-0.25, -0.2) is 13.2 Å². The summed E-state index contributed by atoms with van der Waals surface area (Å²) in [7, 11) is 0. The summed E-state index contributed by atoms with van der Waals surface area (Å²) in [6, 6.07) is 5.51. The fourth-order valence-electron chi connectivity index (χ4n) is 1.61. The van der Waals surface area contributed by atoms with Crippen LogP contribution in [0.15, 0.2) is 34.8 Å². The van der Waals surface area contributed by atoms with Gasteiger partial charge in [-0.05, 0) is 58.7 Å². The van der Waals surface area contributed by atoms with Gasteiger partial charge in [0.05, 0.1) is 4.47 Å². The van der Waals surface area contributed by atoms with Gasteiger partial charge in [-0.2, -0.15) is 0 Å². The van der Waals surface area contributed by atoms with Crippen LogP contribution in [0.2, 0.25) is 0 Å². The maximum atomic E-state index is 13.3. The lowest BCUT2D eigenvalue weighted by Crippen LogP contribution is -2.13. The lowest BCUT2D eigenvalue weighted by Gasteiger charge is -2.10. The molecule has 0 bridgehead atoms. The number of amides is 1. The van der Waals surface area contributed by atoms with Crippen molar-refractivity contribution in [3.05, 3.63) is 63.4 Å². The highest BCUT2D eigenvalue weighted by Gasteiger charge is 2.12. The van der Waals surface area contributed by atoms with E-state index in [1.165, 1.54) is 18.2 Å². The molecule has 0 atom stereocenters. The Balaban J connectivity index is 2.27. The van der Waals surface area contributed by atoms with E-state index in [0.717, 1.165) is 12.1 Å². The summed E-state index contributed by atoms with van der Waals surface area (Å²) < 4.78 is 39.3. The topological polar surface area (TPSA) is 29.1 Å². The van der Waals surface area contributed by atoms with Gasteiger partial charge in [-0.1, -0.05) is 0 Å². The highest BCUT2D eigenvalue weighted by molar-refractivity contribution is 9.10. The minimum Gasteiger partial charge on any atom is -0.322 e. The molecule has 0 aromatic heterocycles. The summed E-state index contributed by atoms with van der Waals surface area (Å²) in [5.74, 6) is -3.18. The molecular weight excluding hydrogens is 335 g/mol. The van der Waals surface area contributed by atoms with E-state index in [-0.39, 0.29) is 10.0 Å². The van der Waals surface area contributed by atoms with E-state index in [1.807, 2.05) is 0 Å². The van der Waals surface area contributed by atoms with Crippen molar-refractivity contribution >= 4 is 27.5 Å². The van der Waals surface area contributed by atoms with Crippen LogP contribution < -0.4 is 5.32 Å². The van der Waals surface area contributed by atoms with Gasteiger partial charge in [-0.15, -0.1) is 0 Å². The molecule has 1 N–H and O–H groups in total. The van der Waals surface area contributed by atoms with Gasteiger partial charge in [0.15, 0.2) is 11.6 Å². The first-order valence-corrected chi connectivity index (χ1v) is 6.40. The van der Waals surface area contributed by atoms with E-state index < -0.39 is 23.4 Å². The molecule has 0 saturated heterocycles. The molecule has 0 aliphatic rings. The summed E-state index contributed by atoms with van der Waals surface area (Å²) in [6.45, 7) is 1.62. The first-order chi connectivity index (χ1) is 9.38. The smallest absolute Gasteiger partial charge is 0.255 e. The Hall–Kier alpha value is -1.82. The summed E-state index contributed by atoms with van der Waals surface area (Å²) in [6.07, 6.45) is 0. The number of carbonyl (C=O) groups is 1. The summed E-state index contributed by atoms with van der Waals surface area (Å²) in [5, 5.41) is 2.52. The molecule has 2 aromatic rings. The Morgan fingerprint density at radius 2 is 1.75 bits per heavy atom. The minimum atomic E-state index is -1.10. The summed E-state index contributed by atoms with van der Waals surface area (Å²) in [5.41, 5.74) is 0.874. The van der Waals surface area contributed by atoms with Crippen LogP contribution in [0, 0.1) is 24.4 Å². The van der Waals surface area contributed by atoms with Crippen LogP contribution in [0.5, 0.6) is 0 Å². The van der Waals surface area contributed by atoms with Crippen LogP contribution in [0.4, 0.5) is 18.9 Å². The maximum Gasteiger partial charge on any atom is 0.255 e. The average molecular weight is 344 g/mol. The number of anilines is 1. The van der Waals surface area contributed by atoms with Gasteiger partial charge in [0, 0.05) is 11.3 Å². The molecule has 0 aliphatic carbocycles. The van der Waals surface area contributed by atoms with Crippen molar-refractivity contribution in [3.63, 3.8) is 0 Å². The quantitative estimate of drug-likeness (QED) is 0.858. The highest BCUT2D eigenvalue weighted by atomic mass is 79.9. The van der Waals surface area contributed by atoms with Crippen molar-refractivity contribution in [2.75, 3.05) is 5.32 Å². The predicted molar refractivity (Wildman–Crippen MR) is 73.1 cm³/mol. The predicted octanol–water partition coefficient (Wildman–Crippen LogP) is 4.43. The Morgan fingerprint density at radius 1 is 1.05 bits per heavy atom. The maximum absolute atomic E-state index is 13.3. The van der Waals surface area contributed by atoms with Crippen LogP contribution in [0.1, 0.15) is 15.9 Å². The fourth-order valence-corrected chi connectivity index (χ4v) is 1.96. The normalized spacial score (nSPS) is 10.4. The number of hydrogen-bond acceptors (Lipinski definition) is 1. The first-order valence-electron chi connectivity index (χ1n) is 5.60. The molecule has 0 unspecified atom stereocenters. The van der Waals surface area contributed by atoms with E-state index in [9.17, 15) is 18.0 Å². The van der Waals surface area contributed by atoms with Crippen molar-refractivity contribution in [2.24, 2.45) is 0 Å². The highest BCUT2D eigenvalue weighted by Crippen LogP contribution is 2.24. The lowest BCUT2D eigenvalue weighted by atomic mass is 10.1. The van der Waals surface area contributed by atoms with E-state index in [1.54, 1.807) is 6.92 Å². The Bertz CT molecular complexity index is 688. The molecule has 0 spiro atoms. The van der Waals surface area contributed by atoms with Gasteiger partial charge >= 0.3 is 0 Å². The Labute approximate surface area is 121 Å². The molecule has 6 heteroatoms. The van der Waals surface area contributed by atoms with E-state index in [2.05, 4.69) is 21.2 Å². The molecule has 0 radical (unpaired) electrons. The molecule has 0 heterocycles. The zero-order chi connectivity index (χ0) is 14.9. The molecular formula is C14H9BrF3NO. The number of nitrogens with one attached hydrogen (secondary N) is 1. The number of benzene rings is 2. The van der Waals surface area contributed by atoms with Crippen molar-refractivity contribution < 1.29 is 18.0 Å². The third-order valence-electron chi connectivity index (χ3n) is 2.70. The van der Waals surface area contributed by atoms with Gasteiger partial charge < -0.3 is 5.32 Å². The summed E-state index contributed by atoms with van der Waals surface area (Å²) >= 11 is 3.01. The van der Waals surface area contributed by atoms with Crippen LogP contribution >= 0.6 is 15.9 Å². The molecule has 0 aliphatic heterocycles. The monoisotopic (exact) mass is 343 g/mol. The van der Waals surface area contributed by atoms with Gasteiger partial charge in [0.25, 0.3) is 5.91 Å². The van der Waals surface area contributed by atoms with Crippen LogP contribution in [-0.4, -0.2) is 5.91 Å². The van der Waals surface area contributed by atoms with Gasteiger partial charge in [0.1, 0.15) is 5.82 Å². The minimum absolute atomic E-state index is 0.0243. The van der Waals surface area contributed by atoms with Crippen molar-refractivity contribution in [1.29, 1.82) is 0 Å². The largest absolute Gasteiger partial charge is 0.322 e. The van der Waals surface area contributed by atoms with Crippen LogP contribution in [-0.2, 0) is 0 Å². The molecule has 20 heavy (non-hydrogen) atoms. The zero-order valence-electron chi connectivity index (χ0n) is 10.3. The van der Waals surface area contributed by atoms with Crippen LogP contribution in [0.25, 0.3) is 0 Å². The molecule has 1 amide bonds. The number of hydrogen-bond donors (Lipinski definition) is 1. The second-order valence-electron chi connectivity index (χ2n) is 4.16. The lowest BCUT2D eigenvalue weighted by molar-refractivity contribution is 0.102. The number of rotatable bonds is 2. The number of carbonyl (C=O) groups excluding carboxylic acids is 1. The average Bonchev–Trinajstić information content (AvgIpc) is 2.39. The van der Waals surface area contributed by atoms with E-state index >= 15 is 0 Å². The van der Waals surface area contributed by atoms with Crippen molar-refractivity contribution in [2.45, 2.75) is 6.92 Å². The van der Waals surface area contributed by atoms with Crippen molar-refractivity contribution in [3.8, 4) is 0 Å². The van der Waals surface area contributed by atoms with Gasteiger partial charge in [-0.3, -0.25) is 4.79 Å². The van der Waals surface area contributed by atoms with E-state index in [4.69, 9.17) is 0 Å². The third-order valence-corrected chi connectivity index (χ3v) is 3.30. The molecule has 104 valence electrons. The second kappa shape index (κ2) is 5.66. The Kier molecular flexibility index (Phi) is 4.13. The molecule has 0 fully saturated rings. The summed E-state index contributed by atoms with van der Waals surface area (Å²) in [4.78, 5) is 11.9. The first kappa shape index (κ1) is 14.6. The molecule has 2 aromatic carbocycles. The number of halogens is 4. The molecule has 2 rings (SSSR count). The van der Waals surface area contributed by atoms with E-state index in [0.29, 0.717) is 11.3 Å². The zero-order valence-corrected chi connectivity index (χ0v) is 11.9. The third kappa shape index (κ3) is 3.01. The second-order valence-corrected chi connectivity index (χ2v) is 5.02. The Morgan fingerprint density at radius 3 is 2.40 bits per heavy atom.